The predicted octanol–water partition coefficient (Wildman–Crippen LogP) is 3.62. The quantitative estimate of drug-likeness (QED) is 0.854. The summed E-state index contributed by atoms with van der Waals surface area (Å²) in [5, 5.41) is 7.18. The van der Waals surface area contributed by atoms with Crippen LogP contribution in [0.5, 0.6) is 5.75 Å². The number of methoxy groups -OCH3 is 1. The van der Waals surface area contributed by atoms with Gasteiger partial charge in [0, 0.05) is 24.4 Å². The van der Waals surface area contributed by atoms with E-state index in [-0.39, 0.29) is 11.9 Å². The Bertz CT molecular complexity index is 726. The average molecular weight is 357 g/mol. The summed E-state index contributed by atoms with van der Waals surface area (Å²) in [7, 11) is 1.63. The Balaban J connectivity index is 1.51. The van der Waals surface area contributed by atoms with E-state index >= 15 is 0 Å². The molecule has 1 aliphatic rings. The van der Waals surface area contributed by atoms with Crippen LogP contribution < -0.4 is 10.1 Å². The lowest BCUT2D eigenvalue weighted by atomic mass is 9.78. The first kappa shape index (κ1) is 18.4. The highest BCUT2D eigenvalue weighted by Gasteiger charge is 2.28. The molecule has 0 radical (unpaired) electrons. The third-order valence-corrected chi connectivity index (χ3v) is 5.44. The summed E-state index contributed by atoms with van der Waals surface area (Å²) >= 11 is 0. The zero-order valence-electron chi connectivity index (χ0n) is 15.7. The number of nitrogens with one attached hydrogen (secondary N) is 1. The molecule has 0 aliphatic heterocycles. The minimum Gasteiger partial charge on any atom is -0.497 e. The fourth-order valence-corrected chi connectivity index (χ4v) is 3.50. The van der Waals surface area contributed by atoms with Crippen LogP contribution in [0.3, 0.4) is 0 Å². The van der Waals surface area contributed by atoms with E-state index in [0.717, 1.165) is 17.7 Å². The molecule has 0 saturated heterocycles. The van der Waals surface area contributed by atoms with E-state index in [0.29, 0.717) is 36.4 Å². The normalized spacial score (nSPS) is 22.8. The van der Waals surface area contributed by atoms with Crippen molar-refractivity contribution in [2.75, 3.05) is 7.11 Å². The van der Waals surface area contributed by atoms with Gasteiger partial charge in [0.2, 0.25) is 17.6 Å². The summed E-state index contributed by atoms with van der Waals surface area (Å²) in [6, 6.07) is 7.75. The third-order valence-electron chi connectivity index (χ3n) is 5.44. The van der Waals surface area contributed by atoms with Crippen molar-refractivity contribution in [1.29, 1.82) is 0 Å². The number of nitrogens with zero attached hydrogens (tertiary/aromatic N) is 2. The lowest BCUT2D eigenvalue weighted by Crippen LogP contribution is -2.43. The van der Waals surface area contributed by atoms with Gasteiger partial charge in [-0.2, -0.15) is 4.98 Å². The van der Waals surface area contributed by atoms with E-state index in [1.54, 1.807) is 7.11 Å². The van der Waals surface area contributed by atoms with Crippen molar-refractivity contribution in [3.63, 3.8) is 0 Å². The monoisotopic (exact) mass is 357 g/mol. The van der Waals surface area contributed by atoms with Crippen LogP contribution in [0.4, 0.5) is 0 Å². The molecule has 1 aromatic heterocycles. The van der Waals surface area contributed by atoms with Gasteiger partial charge < -0.3 is 14.6 Å². The van der Waals surface area contributed by atoms with Crippen molar-refractivity contribution in [1.82, 2.24) is 15.5 Å². The molecular weight excluding hydrogens is 330 g/mol. The number of ether oxygens (including phenoxy) is 1. The number of amides is 1. The zero-order chi connectivity index (χ0) is 18.5. The molecule has 0 unspecified atom stereocenters. The first-order chi connectivity index (χ1) is 12.6. The van der Waals surface area contributed by atoms with E-state index in [9.17, 15) is 4.79 Å². The topological polar surface area (TPSA) is 77.2 Å². The van der Waals surface area contributed by atoms with Gasteiger partial charge in [-0.15, -0.1) is 0 Å². The Morgan fingerprint density at radius 1 is 1.27 bits per heavy atom. The minimum absolute atomic E-state index is 0.0557. The molecule has 1 N–H and O–H groups in total. The molecule has 6 nitrogen and oxygen atoms in total. The fourth-order valence-electron chi connectivity index (χ4n) is 3.50. The molecule has 1 aliphatic carbocycles. The highest BCUT2D eigenvalue weighted by Crippen LogP contribution is 2.29. The molecule has 1 saturated carbocycles. The van der Waals surface area contributed by atoms with Gasteiger partial charge in [-0.1, -0.05) is 31.8 Å². The molecule has 1 aromatic carbocycles. The maximum Gasteiger partial charge on any atom is 0.227 e. The first-order valence-electron chi connectivity index (χ1n) is 9.33. The Kier molecular flexibility index (Phi) is 5.91. The number of rotatable bonds is 6. The van der Waals surface area contributed by atoms with Crippen LogP contribution in [0.15, 0.2) is 28.8 Å². The lowest BCUT2D eigenvalue weighted by Gasteiger charge is -2.34. The molecule has 3 rings (SSSR count). The fraction of sp³-hybridized carbons (Fsp3) is 0.550. The Hall–Kier alpha value is -2.37. The molecule has 0 spiro atoms. The van der Waals surface area contributed by atoms with Crippen LogP contribution in [0.1, 0.15) is 45.4 Å². The minimum atomic E-state index is 0.0557. The van der Waals surface area contributed by atoms with Crippen molar-refractivity contribution in [2.45, 2.75) is 52.0 Å². The van der Waals surface area contributed by atoms with Gasteiger partial charge in [0.25, 0.3) is 0 Å². The van der Waals surface area contributed by atoms with Crippen LogP contribution >= 0.6 is 0 Å². The number of aryl methyl sites for hydroxylation is 1. The molecule has 3 atom stereocenters. The number of hydrogen-bond donors (Lipinski definition) is 1. The summed E-state index contributed by atoms with van der Waals surface area (Å²) in [6.45, 7) is 4.50. The number of carbonyl (C=O) groups excluding carboxylic acids is 1. The maximum absolute atomic E-state index is 12.3. The van der Waals surface area contributed by atoms with Crippen molar-refractivity contribution in [3.8, 4) is 17.1 Å². The van der Waals surface area contributed by atoms with Crippen molar-refractivity contribution < 1.29 is 14.1 Å². The number of carbonyl (C=O) groups is 1. The summed E-state index contributed by atoms with van der Waals surface area (Å²) in [5.74, 6) is 3.03. The average Bonchev–Trinajstić information content (AvgIpc) is 3.13. The van der Waals surface area contributed by atoms with Gasteiger partial charge in [0.05, 0.1) is 7.11 Å². The smallest absolute Gasteiger partial charge is 0.227 e. The van der Waals surface area contributed by atoms with Crippen LogP contribution in [-0.4, -0.2) is 29.2 Å². The maximum atomic E-state index is 12.3. The summed E-state index contributed by atoms with van der Waals surface area (Å²) < 4.78 is 10.4. The van der Waals surface area contributed by atoms with Crippen LogP contribution in [0.2, 0.25) is 0 Å². The van der Waals surface area contributed by atoms with E-state index in [1.807, 2.05) is 24.3 Å². The molecule has 0 bridgehead atoms. The highest BCUT2D eigenvalue weighted by atomic mass is 16.5. The number of aromatic nitrogens is 2. The molecule has 1 amide bonds. The predicted molar refractivity (Wildman–Crippen MR) is 98.7 cm³/mol. The van der Waals surface area contributed by atoms with Crippen molar-refractivity contribution in [3.05, 3.63) is 30.2 Å². The van der Waals surface area contributed by atoms with Crippen LogP contribution in [0.25, 0.3) is 11.4 Å². The zero-order valence-corrected chi connectivity index (χ0v) is 15.7. The molecular formula is C20H27N3O3. The third kappa shape index (κ3) is 4.42. The van der Waals surface area contributed by atoms with Crippen LogP contribution in [-0.2, 0) is 11.2 Å². The lowest BCUT2D eigenvalue weighted by molar-refractivity contribution is -0.122. The molecule has 1 fully saturated rings. The van der Waals surface area contributed by atoms with E-state index < -0.39 is 0 Å². The highest BCUT2D eigenvalue weighted by molar-refractivity contribution is 5.76. The Labute approximate surface area is 154 Å². The van der Waals surface area contributed by atoms with Gasteiger partial charge in [0.15, 0.2) is 0 Å². The Morgan fingerprint density at radius 2 is 2.04 bits per heavy atom. The second-order valence-corrected chi connectivity index (χ2v) is 7.18. The van der Waals surface area contributed by atoms with E-state index in [1.165, 1.54) is 12.8 Å². The Morgan fingerprint density at radius 3 is 2.77 bits per heavy atom. The second kappa shape index (κ2) is 8.34. The molecule has 140 valence electrons. The summed E-state index contributed by atoms with van der Waals surface area (Å²) in [4.78, 5) is 16.7. The van der Waals surface area contributed by atoms with Gasteiger partial charge in [-0.3, -0.25) is 4.79 Å². The summed E-state index contributed by atoms with van der Waals surface area (Å²) in [5.41, 5.74) is 0.857. The number of benzene rings is 1. The summed E-state index contributed by atoms with van der Waals surface area (Å²) in [6.07, 6.45) is 4.32. The molecule has 2 aromatic rings. The SMILES string of the molecule is COc1ccc(-c2noc(CCC(=O)N[C@@H]3CCC[C@H](C)[C@H]3C)n2)cc1. The standard InChI is InChI=1S/C20H27N3O3/c1-13-5-4-6-17(14(13)2)21-18(24)11-12-19-22-20(23-26-19)15-7-9-16(25-3)10-8-15/h7-10,13-14,17H,4-6,11-12H2,1-3H3,(H,21,24)/t13-,14+,17+/m0/s1. The molecule has 26 heavy (non-hydrogen) atoms. The van der Waals surface area contributed by atoms with Crippen LogP contribution in [0, 0.1) is 11.8 Å². The van der Waals surface area contributed by atoms with Gasteiger partial charge >= 0.3 is 0 Å². The largest absolute Gasteiger partial charge is 0.497 e. The van der Waals surface area contributed by atoms with Gasteiger partial charge in [0.1, 0.15) is 5.75 Å². The van der Waals surface area contributed by atoms with Gasteiger partial charge in [-0.05, 0) is 42.5 Å². The number of hydrogen-bond acceptors (Lipinski definition) is 5. The van der Waals surface area contributed by atoms with Gasteiger partial charge in [-0.25, -0.2) is 0 Å². The van der Waals surface area contributed by atoms with Crippen molar-refractivity contribution >= 4 is 5.91 Å². The first-order valence-corrected chi connectivity index (χ1v) is 9.33. The van der Waals surface area contributed by atoms with E-state index in [2.05, 4.69) is 29.3 Å². The molecule has 1 heterocycles. The second-order valence-electron chi connectivity index (χ2n) is 7.18. The van der Waals surface area contributed by atoms with E-state index in [4.69, 9.17) is 9.26 Å². The molecule has 6 heteroatoms. The van der Waals surface area contributed by atoms with Crippen molar-refractivity contribution in [2.24, 2.45) is 11.8 Å².